The molecule has 0 bridgehead atoms. The number of aryl methyl sites for hydroxylation is 1. The van der Waals surface area contributed by atoms with E-state index in [0.717, 1.165) is 5.56 Å². The van der Waals surface area contributed by atoms with Crippen LogP contribution in [0, 0.1) is 6.92 Å². The van der Waals surface area contributed by atoms with Crippen LogP contribution in [0.15, 0.2) is 47.4 Å². The number of halogens is 1. The minimum Gasteiger partial charge on any atom is -0.332 e. The molecule has 1 N–H and O–H groups in total. The Hall–Kier alpha value is -2.99. The zero-order valence-corrected chi connectivity index (χ0v) is 15.5. The van der Waals surface area contributed by atoms with Gasteiger partial charge in [-0.15, -0.1) is 0 Å². The Morgan fingerprint density at radius 1 is 1.26 bits per heavy atom. The van der Waals surface area contributed by atoms with E-state index in [0.29, 0.717) is 46.3 Å². The fourth-order valence-corrected chi connectivity index (χ4v) is 3.41. The highest BCUT2D eigenvalue weighted by atomic mass is 35.5. The predicted octanol–water partition coefficient (Wildman–Crippen LogP) is 2.99. The molecule has 1 amide bonds. The molecule has 3 heterocycles. The number of carbonyl (C=O) groups excluding carboxylic acids is 1. The molecule has 6 nitrogen and oxygen atoms in total. The molecule has 3 aromatic rings. The van der Waals surface area contributed by atoms with Crippen molar-refractivity contribution in [2.24, 2.45) is 0 Å². The molecule has 0 fully saturated rings. The number of aromatic nitrogens is 3. The highest BCUT2D eigenvalue weighted by Crippen LogP contribution is 2.23. The second-order valence-electron chi connectivity index (χ2n) is 6.51. The molecule has 4 rings (SSSR count). The number of hydrogen-bond acceptors (Lipinski definition) is 4. The van der Waals surface area contributed by atoms with E-state index in [1.165, 1.54) is 0 Å². The van der Waals surface area contributed by atoms with Gasteiger partial charge in [-0.2, -0.15) is 0 Å². The maximum atomic E-state index is 12.9. The van der Waals surface area contributed by atoms with Gasteiger partial charge in [-0.25, -0.2) is 4.98 Å². The number of amides is 1. The number of fused-ring (bicyclic) bond motifs is 1. The Bertz CT molecular complexity index is 1080. The molecule has 0 saturated heterocycles. The molecule has 0 spiro atoms. The Balaban J connectivity index is 1.68. The first kappa shape index (κ1) is 17.4. The van der Waals surface area contributed by atoms with Crippen LogP contribution in [0.2, 0.25) is 5.02 Å². The van der Waals surface area contributed by atoms with Crippen LogP contribution in [-0.4, -0.2) is 32.3 Å². The van der Waals surface area contributed by atoms with Crippen molar-refractivity contribution in [1.82, 2.24) is 19.9 Å². The highest BCUT2D eigenvalue weighted by Gasteiger charge is 2.26. The molecular formula is C20H17ClN4O2. The summed E-state index contributed by atoms with van der Waals surface area (Å²) >= 11 is 6.21. The van der Waals surface area contributed by atoms with Gasteiger partial charge < -0.3 is 9.88 Å². The zero-order valence-electron chi connectivity index (χ0n) is 14.7. The summed E-state index contributed by atoms with van der Waals surface area (Å²) in [6.45, 7) is 2.63. The second kappa shape index (κ2) is 6.96. The fourth-order valence-electron chi connectivity index (χ4n) is 3.21. The molecule has 7 heteroatoms. The lowest BCUT2D eigenvalue weighted by molar-refractivity contribution is 0.0731. The van der Waals surface area contributed by atoms with Crippen LogP contribution in [0.1, 0.15) is 27.2 Å². The quantitative estimate of drug-likeness (QED) is 0.741. The number of rotatable bonds is 2. The van der Waals surface area contributed by atoms with Gasteiger partial charge in [-0.05, 0) is 37.6 Å². The summed E-state index contributed by atoms with van der Waals surface area (Å²) in [7, 11) is 0. The summed E-state index contributed by atoms with van der Waals surface area (Å²) in [5, 5.41) is 0.421. The number of hydrogen-bond donors (Lipinski definition) is 1. The number of aromatic amines is 1. The third-order valence-electron chi connectivity index (χ3n) is 4.62. The monoisotopic (exact) mass is 380 g/mol. The minimum atomic E-state index is -0.179. The van der Waals surface area contributed by atoms with Gasteiger partial charge in [0.15, 0.2) is 5.82 Å². The molecule has 0 atom stereocenters. The second-order valence-corrected chi connectivity index (χ2v) is 6.92. The van der Waals surface area contributed by atoms with Crippen molar-refractivity contribution in [3.8, 4) is 11.5 Å². The van der Waals surface area contributed by atoms with Crippen LogP contribution in [0.3, 0.4) is 0 Å². The first-order chi connectivity index (χ1) is 13.0. The number of nitrogens with zero attached hydrogens (tertiary/aromatic N) is 3. The van der Waals surface area contributed by atoms with Crippen LogP contribution in [0.4, 0.5) is 0 Å². The van der Waals surface area contributed by atoms with E-state index in [-0.39, 0.29) is 18.0 Å². The van der Waals surface area contributed by atoms with Crippen LogP contribution < -0.4 is 5.56 Å². The van der Waals surface area contributed by atoms with Crippen molar-refractivity contribution in [3.63, 3.8) is 0 Å². The molecule has 1 aliphatic heterocycles. The molecule has 0 radical (unpaired) electrons. The Morgan fingerprint density at radius 3 is 2.89 bits per heavy atom. The molecule has 0 saturated carbocycles. The Morgan fingerprint density at radius 2 is 2.11 bits per heavy atom. The van der Waals surface area contributed by atoms with Gasteiger partial charge in [0.05, 0.1) is 22.8 Å². The average molecular weight is 381 g/mol. The van der Waals surface area contributed by atoms with Gasteiger partial charge in [0.25, 0.3) is 11.5 Å². The third kappa shape index (κ3) is 3.36. The smallest absolute Gasteiger partial charge is 0.255 e. The normalized spacial score (nSPS) is 13.3. The lowest BCUT2D eigenvalue weighted by Crippen LogP contribution is -2.39. The summed E-state index contributed by atoms with van der Waals surface area (Å²) < 4.78 is 0. The standard InChI is InChI=1S/C20H17ClN4O2/c1-12-5-6-15(21)14(10-12)20(27)25-9-7-13-17(11-25)23-18(24-19(13)26)16-4-2-3-8-22-16/h2-6,8,10H,7,9,11H2,1H3,(H,23,24,26). The molecule has 0 aliphatic carbocycles. The lowest BCUT2D eigenvalue weighted by Gasteiger charge is -2.28. The molecular weight excluding hydrogens is 364 g/mol. The minimum absolute atomic E-state index is 0.157. The van der Waals surface area contributed by atoms with Crippen LogP contribution >= 0.6 is 11.6 Å². The number of pyridine rings is 1. The first-order valence-corrected chi connectivity index (χ1v) is 8.99. The van der Waals surface area contributed by atoms with Crippen molar-refractivity contribution in [1.29, 1.82) is 0 Å². The first-order valence-electron chi connectivity index (χ1n) is 8.62. The van der Waals surface area contributed by atoms with E-state index in [1.54, 1.807) is 35.4 Å². The van der Waals surface area contributed by atoms with Gasteiger partial charge in [0.2, 0.25) is 0 Å². The van der Waals surface area contributed by atoms with Gasteiger partial charge in [0, 0.05) is 18.3 Å². The molecule has 136 valence electrons. The summed E-state index contributed by atoms with van der Waals surface area (Å²) in [4.78, 5) is 38.7. The number of benzene rings is 1. The van der Waals surface area contributed by atoms with Gasteiger partial charge in [-0.1, -0.05) is 29.3 Å². The number of H-pyrrole nitrogens is 1. The van der Waals surface area contributed by atoms with E-state index in [1.807, 2.05) is 19.1 Å². The van der Waals surface area contributed by atoms with Crippen molar-refractivity contribution >= 4 is 17.5 Å². The topological polar surface area (TPSA) is 79.0 Å². The van der Waals surface area contributed by atoms with E-state index >= 15 is 0 Å². The Kier molecular flexibility index (Phi) is 4.49. The van der Waals surface area contributed by atoms with Crippen molar-refractivity contribution in [2.45, 2.75) is 19.9 Å². The van der Waals surface area contributed by atoms with Crippen molar-refractivity contribution in [2.75, 3.05) is 6.54 Å². The van der Waals surface area contributed by atoms with E-state index in [2.05, 4.69) is 15.0 Å². The summed E-state index contributed by atoms with van der Waals surface area (Å²) in [5.41, 5.74) is 3.06. The summed E-state index contributed by atoms with van der Waals surface area (Å²) in [6.07, 6.45) is 2.10. The van der Waals surface area contributed by atoms with E-state index in [9.17, 15) is 9.59 Å². The molecule has 2 aromatic heterocycles. The van der Waals surface area contributed by atoms with E-state index < -0.39 is 0 Å². The van der Waals surface area contributed by atoms with E-state index in [4.69, 9.17) is 11.6 Å². The fraction of sp³-hybridized carbons (Fsp3) is 0.200. The van der Waals surface area contributed by atoms with Crippen LogP contribution in [0.5, 0.6) is 0 Å². The third-order valence-corrected chi connectivity index (χ3v) is 4.95. The van der Waals surface area contributed by atoms with Crippen LogP contribution in [-0.2, 0) is 13.0 Å². The summed E-state index contributed by atoms with van der Waals surface area (Å²) in [6, 6.07) is 10.8. The average Bonchev–Trinajstić information content (AvgIpc) is 2.69. The maximum absolute atomic E-state index is 12.9. The van der Waals surface area contributed by atoms with Gasteiger partial charge >= 0.3 is 0 Å². The molecule has 1 aromatic carbocycles. The predicted molar refractivity (Wildman–Crippen MR) is 103 cm³/mol. The SMILES string of the molecule is Cc1ccc(Cl)c(C(=O)N2CCc3c(nc(-c4ccccn4)[nH]c3=O)C2)c1. The molecule has 27 heavy (non-hydrogen) atoms. The molecule has 1 aliphatic rings. The molecule has 0 unspecified atom stereocenters. The van der Waals surface area contributed by atoms with Crippen LogP contribution in [0.25, 0.3) is 11.5 Å². The summed E-state index contributed by atoms with van der Waals surface area (Å²) in [5.74, 6) is 0.248. The van der Waals surface area contributed by atoms with Gasteiger partial charge in [0.1, 0.15) is 5.69 Å². The maximum Gasteiger partial charge on any atom is 0.255 e. The van der Waals surface area contributed by atoms with Gasteiger partial charge in [-0.3, -0.25) is 14.6 Å². The lowest BCUT2D eigenvalue weighted by atomic mass is 10.0. The highest BCUT2D eigenvalue weighted by molar-refractivity contribution is 6.33. The zero-order chi connectivity index (χ0) is 19.0. The van der Waals surface area contributed by atoms with Crippen molar-refractivity contribution < 1.29 is 4.79 Å². The number of nitrogens with one attached hydrogen (secondary N) is 1. The largest absolute Gasteiger partial charge is 0.332 e. The number of carbonyl (C=O) groups is 1. The van der Waals surface area contributed by atoms with Crippen molar-refractivity contribution in [3.05, 3.63) is 80.4 Å². The Labute approximate surface area is 160 Å².